The summed E-state index contributed by atoms with van der Waals surface area (Å²) in [4.78, 5) is 0. The molecule has 0 saturated carbocycles. The van der Waals surface area contributed by atoms with Crippen LogP contribution in [-0.4, -0.2) is 41.1 Å². The maximum absolute atomic E-state index is 10.6. The van der Waals surface area contributed by atoms with E-state index in [-0.39, 0.29) is 17.5 Å². The molecule has 0 unspecified atom stereocenters. The van der Waals surface area contributed by atoms with Crippen LogP contribution < -0.4 is 5.32 Å². The smallest absolute Gasteiger partial charge is 0.161 e. The van der Waals surface area contributed by atoms with Crippen molar-refractivity contribution in [3.8, 4) is 11.5 Å². The molecule has 0 aliphatic heterocycles. The van der Waals surface area contributed by atoms with Crippen LogP contribution in [0.1, 0.15) is 67.7 Å². The highest BCUT2D eigenvalue weighted by Gasteiger charge is 2.29. The van der Waals surface area contributed by atoms with Gasteiger partial charge >= 0.3 is 0 Å². The highest BCUT2D eigenvalue weighted by molar-refractivity contribution is 5.51. The second-order valence-electron chi connectivity index (χ2n) is 8.51. The number of aryl methyl sites for hydroxylation is 1. The van der Waals surface area contributed by atoms with Crippen molar-refractivity contribution in [1.29, 1.82) is 0 Å². The van der Waals surface area contributed by atoms with Gasteiger partial charge in [-0.05, 0) is 68.7 Å². The second kappa shape index (κ2) is 12.7. The van der Waals surface area contributed by atoms with Gasteiger partial charge in [-0.1, -0.05) is 49.2 Å². The van der Waals surface area contributed by atoms with Crippen molar-refractivity contribution < 1.29 is 20.1 Å². The third-order valence-electron chi connectivity index (χ3n) is 6.17. The molecule has 4 N–H and O–H groups in total. The van der Waals surface area contributed by atoms with E-state index in [0.717, 1.165) is 70.3 Å². The van der Waals surface area contributed by atoms with Gasteiger partial charge in [0.2, 0.25) is 0 Å². The van der Waals surface area contributed by atoms with Crippen molar-refractivity contribution in [3.63, 3.8) is 0 Å². The van der Waals surface area contributed by atoms with Gasteiger partial charge in [-0.15, -0.1) is 0 Å². The number of fused-ring (bicyclic) bond motifs is 1. The van der Waals surface area contributed by atoms with Crippen LogP contribution in [0.4, 0.5) is 0 Å². The number of aliphatic hydroxyl groups excluding tert-OH is 1. The van der Waals surface area contributed by atoms with E-state index in [1.807, 2.05) is 0 Å². The monoisotopic (exact) mass is 427 g/mol. The van der Waals surface area contributed by atoms with Gasteiger partial charge in [0.1, 0.15) is 0 Å². The SMILES string of the molecule is Oc1ccc2c(c1O)CC[C@@H](NCCCCCCOCCCCc1ccccc1)[C@@H]2O. The minimum absolute atomic E-state index is 0.00402. The molecule has 0 heterocycles. The number of benzene rings is 2. The molecule has 0 amide bonds. The summed E-state index contributed by atoms with van der Waals surface area (Å²) in [6, 6.07) is 13.8. The number of hydrogen-bond acceptors (Lipinski definition) is 5. The van der Waals surface area contributed by atoms with Crippen molar-refractivity contribution >= 4 is 0 Å². The summed E-state index contributed by atoms with van der Waals surface area (Å²) in [6.07, 6.45) is 8.67. The number of phenolic OH excluding ortho intramolecular Hbond substituents is 2. The lowest BCUT2D eigenvalue weighted by atomic mass is 9.85. The molecule has 0 fully saturated rings. The number of unbranched alkanes of at least 4 members (excludes halogenated alkanes) is 4. The van der Waals surface area contributed by atoms with Crippen LogP contribution in [0.5, 0.6) is 11.5 Å². The third kappa shape index (κ3) is 7.23. The molecule has 0 spiro atoms. The molecule has 3 rings (SSSR count). The average molecular weight is 428 g/mol. The molecule has 2 atom stereocenters. The number of phenols is 2. The van der Waals surface area contributed by atoms with Crippen molar-refractivity contribution in [2.75, 3.05) is 19.8 Å². The van der Waals surface area contributed by atoms with E-state index < -0.39 is 6.10 Å². The quantitative estimate of drug-likeness (QED) is 0.277. The van der Waals surface area contributed by atoms with Gasteiger partial charge in [0.05, 0.1) is 6.10 Å². The number of ether oxygens (including phenoxy) is 1. The normalized spacial score (nSPS) is 18.1. The first-order valence-electron chi connectivity index (χ1n) is 11.7. The summed E-state index contributed by atoms with van der Waals surface area (Å²) >= 11 is 0. The first-order chi connectivity index (χ1) is 15.2. The molecule has 0 radical (unpaired) electrons. The number of nitrogens with one attached hydrogen (secondary N) is 1. The van der Waals surface area contributed by atoms with E-state index in [1.165, 1.54) is 18.1 Å². The van der Waals surface area contributed by atoms with Gasteiger partial charge in [-0.2, -0.15) is 0 Å². The summed E-state index contributed by atoms with van der Waals surface area (Å²) in [5, 5.41) is 33.7. The molecule has 0 aromatic heterocycles. The lowest BCUT2D eigenvalue weighted by Crippen LogP contribution is -2.38. The Morgan fingerprint density at radius 1 is 0.871 bits per heavy atom. The lowest BCUT2D eigenvalue weighted by Gasteiger charge is -2.31. The Balaban J connectivity index is 1.17. The van der Waals surface area contributed by atoms with Gasteiger partial charge < -0.3 is 25.4 Å². The zero-order chi connectivity index (χ0) is 21.9. The topological polar surface area (TPSA) is 82.0 Å². The maximum Gasteiger partial charge on any atom is 0.161 e. The summed E-state index contributed by atoms with van der Waals surface area (Å²) in [5.74, 6) is -0.207. The van der Waals surface area contributed by atoms with Crippen LogP contribution in [0, 0.1) is 0 Å². The zero-order valence-electron chi connectivity index (χ0n) is 18.4. The van der Waals surface area contributed by atoms with Gasteiger partial charge in [-0.3, -0.25) is 0 Å². The largest absolute Gasteiger partial charge is 0.504 e. The van der Waals surface area contributed by atoms with Crippen LogP contribution in [0.25, 0.3) is 0 Å². The molecular weight excluding hydrogens is 390 g/mol. The highest BCUT2D eigenvalue weighted by atomic mass is 16.5. The van der Waals surface area contributed by atoms with E-state index in [0.29, 0.717) is 12.0 Å². The Kier molecular flexibility index (Phi) is 9.66. The fourth-order valence-electron chi connectivity index (χ4n) is 4.32. The van der Waals surface area contributed by atoms with Gasteiger partial charge in [0.15, 0.2) is 11.5 Å². The lowest BCUT2D eigenvalue weighted by molar-refractivity contribution is 0.113. The Hall–Kier alpha value is -2.08. The third-order valence-corrected chi connectivity index (χ3v) is 6.17. The molecule has 2 aromatic carbocycles. The van der Waals surface area contributed by atoms with E-state index in [2.05, 4.69) is 35.6 Å². The van der Waals surface area contributed by atoms with Crippen LogP contribution in [-0.2, 0) is 17.6 Å². The van der Waals surface area contributed by atoms with Gasteiger partial charge in [0.25, 0.3) is 0 Å². The first kappa shape index (κ1) is 23.6. The van der Waals surface area contributed by atoms with Crippen molar-refractivity contribution in [1.82, 2.24) is 5.32 Å². The average Bonchev–Trinajstić information content (AvgIpc) is 2.79. The molecule has 31 heavy (non-hydrogen) atoms. The number of aromatic hydroxyl groups is 2. The fraction of sp³-hybridized carbons (Fsp3) is 0.538. The van der Waals surface area contributed by atoms with Crippen molar-refractivity contribution in [2.45, 2.75) is 69.9 Å². The van der Waals surface area contributed by atoms with Crippen LogP contribution in [0.2, 0.25) is 0 Å². The standard InChI is InChI=1S/C26H37NO4/c28-24-16-14-21-22(26(24)30)13-15-23(25(21)29)27-17-7-1-2-8-18-31-19-9-6-12-20-10-4-3-5-11-20/h3-5,10-11,14,16,23,25,27-30H,1-2,6-9,12-13,15,17-19H2/t23-,25-/m1/s1. The van der Waals surface area contributed by atoms with Gasteiger partial charge in [-0.25, -0.2) is 0 Å². The summed E-state index contributed by atoms with van der Waals surface area (Å²) in [5.41, 5.74) is 2.80. The van der Waals surface area contributed by atoms with Crippen molar-refractivity contribution in [3.05, 3.63) is 59.2 Å². The molecule has 2 aromatic rings. The molecule has 0 bridgehead atoms. The second-order valence-corrected chi connectivity index (χ2v) is 8.51. The molecule has 1 aliphatic rings. The molecular formula is C26H37NO4. The van der Waals surface area contributed by atoms with E-state index >= 15 is 0 Å². The summed E-state index contributed by atoms with van der Waals surface area (Å²) in [6.45, 7) is 2.57. The zero-order valence-corrected chi connectivity index (χ0v) is 18.4. The van der Waals surface area contributed by atoms with Crippen LogP contribution >= 0.6 is 0 Å². The predicted octanol–water partition coefficient (Wildman–Crippen LogP) is 4.64. The molecule has 5 heteroatoms. The van der Waals surface area contributed by atoms with Crippen LogP contribution in [0.3, 0.4) is 0 Å². The van der Waals surface area contributed by atoms with E-state index in [1.54, 1.807) is 6.07 Å². The first-order valence-corrected chi connectivity index (χ1v) is 11.7. The minimum atomic E-state index is -0.648. The molecule has 170 valence electrons. The molecule has 5 nitrogen and oxygen atoms in total. The highest BCUT2D eigenvalue weighted by Crippen LogP contribution is 2.39. The number of hydrogen-bond donors (Lipinski definition) is 4. The Bertz CT molecular complexity index is 780. The summed E-state index contributed by atoms with van der Waals surface area (Å²) < 4.78 is 5.75. The summed E-state index contributed by atoms with van der Waals surface area (Å²) in [7, 11) is 0. The molecule has 0 saturated heterocycles. The van der Waals surface area contributed by atoms with Gasteiger partial charge in [0, 0.05) is 24.8 Å². The Morgan fingerprint density at radius 3 is 2.42 bits per heavy atom. The Morgan fingerprint density at radius 2 is 1.61 bits per heavy atom. The predicted molar refractivity (Wildman–Crippen MR) is 124 cm³/mol. The van der Waals surface area contributed by atoms with E-state index in [4.69, 9.17) is 4.74 Å². The van der Waals surface area contributed by atoms with Crippen molar-refractivity contribution in [2.24, 2.45) is 0 Å². The Labute approximate surface area is 186 Å². The maximum atomic E-state index is 10.6. The van der Waals surface area contributed by atoms with E-state index in [9.17, 15) is 15.3 Å². The number of rotatable bonds is 13. The molecule has 1 aliphatic carbocycles. The minimum Gasteiger partial charge on any atom is -0.504 e. The fourth-order valence-corrected chi connectivity index (χ4v) is 4.32. The number of aliphatic hydroxyl groups is 1. The van der Waals surface area contributed by atoms with Crippen LogP contribution in [0.15, 0.2) is 42.5 Å².